The SMILES string of the molecule is CNC(=O)c1ccc([C@H]2CCCN2Cc2ccc(N3CCOCC3)cc2)nc1C. The van der Waals surface area contributed by atoms with E-state index in [-0.39, 0.29) is 5.91 Å². The third kappa shape index (κ3) is 4.43. The second-order valence-electron chi connectivity index (χ2n) is 7.84. The van der Waals surface area contributed by atoms with Crippen molar-refractivity contribution in [3.63, 3.8) is 0 Å². The first-order valence-corrected chi connectivity index (χ1v) is 10.5. The summed E-state index contributed by atoms with van der Waals surface area (Å²) in [5, 5.41) is 2.68. The number of carbonyl (C=O) groups is 1. The summed E-state index contributed by atoms with van der Waals surface area (Å²) in [4.78, 5) is 21.6. The number of ether oxygens (including phenoxy) is 1. The van der Waals surface area contributed by atoms with Crippen LogP contribution in [0.3, 0.4) is 0 Å². The number of hydrogen-bond donors (Lipinski definition) is 1. The second-order valence-corrected chi connectivity index (χ2v) is 7.84. The lowest BCUT2D eigenvalue weighted by molar-refractivity contribution is 0.0962. The highest BCUT2D eigenvalue weighted by Gasteiger charge is 2.27. The first-order chi connectivity index (χ1) is 14.2. The van der Waals surface area contributed by atoms with Crippen LogP contribution in [0.5, 0.6) is 0 Å². The van der Waals surface area contributed by atoms with E-state index >= 15 is 0 Å². The standard InChI is InChI=1S/C23H30N4O2/c1-17-20(23(28)24-2)9-10-21(25-17)22-4-3-11-27(22)16-18-5-7-19(8-6-18)26-12-14-29-15-13-26/h5-10,22H,3-4,11-16H2,1-2H3,(H,24,28)/t22-/m1/s1. The Morgan fingerprint density at radius 1 is 1.14 bits per heavy atom. The molecule has 2 aromatic rings. The van der Waals surface area contributed by atoms with Crippen molar-refractivity contribution in [1.29, 1.82) is 0 Å². The van der Waals surface area contributed by atoms with E-state index in [0.29, 0.717) is 11.6 Å². The van der Waals surface area contributed by atoms with Crippen molar-refractivity contribution >= 4 is 11.6 Å². The maximum Gasteiger partial charge on any atom is 0.252 e. The number of rotatable bonds is 5. The molecule has 1 N–H and O–H groups in total. The first kappa shape index (κ1) is 19.9. The van der Waals surface area contributed by atoms with E-state index in [4.69, 9.17) is 9.72 Å². The number of carbonyl (C=O) groups excluding carboxylic acids is 1. The molecule has 0 saturated carbocycles. The van der Waals surface area contributed by atoms with Crippen LogP contribution in [0.1, 0.15) is 46.2 Å². The smallest absolute Gasteiger partial charge is 0.252 e. The number of nitrogens with one attached hydrogen (secondary N) is 1. The minimum absolute atomic E-state index is 0.0785. The van der Waals surface area contributed by atoms with Crippen LogP contribution in [-0.2, 0) is 11.3 Å². The van der Waals surface area contributed by atoms with Crippen molar-refractivity contribution in [2.45, 2.75) is 32.4 Å². The van der Waals surface area contributed by atoms with Gasteiger partial charge >= 0.3 is 0 Å². The molecule has 6 heteroatoms. The van der Waals surface area contributed by atoms with Gasteiger partial charge in [-0.15, -0.1) is 0 Å². The molecule has 1 amide bonds. The molecule has 1 aromatic carbocycles. The summed E-state index contributed by atoms with van der Waals surface area (Å²) >= 11 is 0. The number of aryl methyl sites for hydroxylation is 1. The molecule has 4 rings (SSSR count). The van der Waals surface area contributed by atoms with Crippen molar-refractivity contribution < 1.29 is 9.53 Å². The van der Waals surface area contributed by atoms with Crippen molar-refractivity contribution in [2.75, 3.05) is 44.8 Å². The van der Waals surface area contributed by atoms with E-state index in [9.17, 15) is 4.79 Å². The average molecular weight is 395 g/mol. The van der Waals surface area contributed by atoms with E-state index in [1.807, 2.05) is 19.1 Å². The minimum Gasteiger partial charge on any atom is -0.378 e. The summed E-state index contributed by atoms with van der Waals surface area (Å²) in [5.41, 5.74) is 5.12. The molecule has 0 unspecified atom stereocenters. The summed E-state index contributed by atoms with van der Waals surface area (Å²) < 4.78 is 5.45. The Balaban J connectivity index is 1.45. The molecular formula is C23H30N4O2. The normalized spacial score (nSPS) is 20.1. The summed E-state index contributed by atoms with van der Waals surface area (Å²) in [5.74, 6) is -0.0785. The number of nitrogens with zero attached hydrogens (tertiary/aromatic N) is 3. The monoisotopic (exact) mass is 394 g/mol. The van der Waals surface area contributed by atoms with Gasteiger partial charge in [0.15, 0.2) is 0 Å². The Morgan fingerprint density at radius 3 is 2.59 bits per heavy atom. The van der Waals surface area contributed by atoms with Gasteiger partial charge in [-0.25, -0.2) is 0 Å². The van der Waals surface area contributed by atoms with Gasteiger partial charge in [-0.05, 0) is 56.1 Å². The third-order valence-electron chi connectivity index (χ3n) is 5.98. The number of hydrogen-bond acceptors (Lipinski definition) is 5. The van der Waals surface area contributed by atoms with Crippen molar-refractivity contribution in [2.24, 2.45) is 0 Å². The van der Waals surface area contributed by atoms with Crippen molar-refractivity contribution in [3.8, 4) is 0 Å². The van der Waals surface area contributed by atoms with Crippen LogP contribution >= 0.6 is 0 Å². The molecule has 0 bridgehead atoms. The molecule has 0 aliphatic carbocycles. The van der Waals surface area contributed by atoms with Crippen LogP contribution in [0.15, 0.2) is 36.4 Å². The topological polar surface area (TPSA) is 57.7 Å². The maximum absolute atomic E-state index is 11.9. The molecule has 2 saturated heterocycles. The molecule has 1 aromatic heterocycles. The van der Waals surface area contributed by atoms with Gasteiger partial charge < -0.3 is 15.0 Å². The molecule has 1 atom stereocenters. The molecule has 154 valence electrons. The number of aromatic nitrogens is 1. The summed E-state index contributed by atoms with van der Waals surface area (Å²) in [7, 11) is 1.65. The van der Waals surface area contributed by atoms with Gasteiger partial charge in [-0.2, -0.15) is 0 Å². The summed E-state index contributed by atoms with van der Waals surface area (Å²) in [6, 6.07) is 13.2. The molecule has 2 aliphatic heterocycles. The van der Waals surface area contributed by atoms with Gasteiger partial charge in [-0.3, -0.25) is 14.7 Å². The lowest BCUT2D eigenvalue weighted by Gasteiger charge is -2.29. The van der Waals surface area contributed by atoms with Crippen LogP contribution < -0.4 is 10.2 Å². The van der Waals surface area contributed by atoms with Crippen LogP contribution in [-0.4, -0.2) is 55.7 Å². The summed E-state index contributed by atoms with van der Waals surface area (Å²) in [6.07, 6.45) is 2.28. The van der Waals surface area contributed by atoms with Gasteiger partial charge in [0.1, 0.15) is 0 Å². The van der Waals surface area contributed by atoms with E-state index < -0.39 is 0 Å². The van der Waals surface area contributed by atoms with Gasteiger partial charge in [0.25, 0.3) is 5.91 Å². The highest BCUT2D eigenvalue weighted by Crippen LogP contribution is 2.33. The molecule has 3 heterocycles. The lowest BCUT2D eigenvalue weighted by Crippen LogP contribution is -2.36. The highest BCUT2D eigenvalue weighted by atomic mass is 16.5. The predicted octanol–water partition coefficient (Wildman–Crippen LogP) is 2.92. The largest absolute Gasteiger partial charge is 0.378 e. The fraction of sp³-hybridized carbons (Fsp3) is 0.478. The number of morpholine rings is 1. The Labute approximate surface area is 172 Å². The molecule has 0 spiro atoms. The average Bonchev–Trinajstić information content (AvgIpc) is 3.22. The number of likely N-dealkylation sites (tertiary alicyclic amines) is 1. The van der Waals surface area contributed by atoms with E-state index in [1.54, 1.807) is 7.05 Å². The lowest BCUT2D eigenvalue weighted by atomic mass is 10.1. The van der Waals surface area contributed by atoms with Crippen LogP contribution in [0.4, 0.5) is 5.69 Å². The van der Waals surface area contributed by atoms with Crippen LogP contribution in [0.2, 0.25) is 0 Å². The van der Waals surface area contributed by atoms with Gasteiger partial charge in [0.2, 0.25) is 0 Å². The second kappa shape index (κ2) is 8.93. The molecule has 0 radical (unpaired) electrons. The third-order valence-corrected chi connectivity index (χ3v) is 5.98. The number of anilines is 1. The fourth-order valence-electron chi connectivity index (χ4n) is 4.36. The Bertz CT molecular complexity index is 846. The van der Waals surface area contributed by atoms with Gasteiger partial charge in [-0.1, -0.05) is 12.1 Å². The fourth-order valence-corrected chi connectivity index (χ4v) is 4.36. The zero-order valence-electron chi connectivity index (χ0n) is 17.4. The van der Waals surface area contributed by atoms with E-state index in [0.717, 1.165) is 57.2 Å². The van der Waals surface area contributed by atoms with Crippen LogP contribution in [0.25, 0.3) is 0 Å². The molecule has 2 aliphatic rings. The van der Waals surface area contributed by atoms with Gasteiger partial charge in [0.05, 0.1) is 36.2 Å². The molecule has 6 nitrogen and oxygen atoms in total. The summed E-state index contributed by atoms with van der Waals surface area (Å²) in [6.45, 7) is 7.46. The number of pyridine rings is 1. The number of benzene rings is 1. The maximum atomic E-state index is 11.9. The molecular weight excluding hydrogens is 364 g/mol. The van der Waals surface area contributed by atoms with E-state index in [1.165, 1.54) is 17.7 Å². The highest BCUT2D eigenvalue weighted by molar-refractivity contribution is 5.94. The first-order valence-electron chi connectivity index (χ1n) is 10.5. The Hall–Kier alpha value is -2.44. The van der Waals surface area contributed by atoms with Crippen molar-refractivity contribution in [3.05, 3.63) is 58.9 Å². The Kier molecular flexibility index (Phi) is 6.11. The van der Waals surface area contributed by atoms with E-state index in [2.05, 4.69) is 39.4 Å². The van der Waals surface area contributed by atoms with Crippen molar-refractivity contribution in [1.82, 2.24) is 15.2 Å². The predicted molar refractivity (Wildman–Crippen MR) is 114 cm³/mol. The van der Waals surface area contributed by atoms with Crippen LogP contribution in [0, 0.1) is 6.92 Å². The van der Waals surface area contributed by atoms with Gasteiger partial charge in [0, 0.05) is 32.4 Å². The molecule has 29 heavy (non-hydrogen) atoms. The quantitative estimate of drug-likeness (QED) is 0.845. The zero-order valence-corrected chi connectivity index (χ0v) is 17.4. The number of amides is 1. The zero-order chi connectivity index (χ0) is 20.2. The Morgan fingerprint density at radius 2 is 1.90 bits per heavy atom. The molecule has 2 fully saturated rings. The minimum atomic E-state index is -0.0785.